The molecule has 0 amide bonds. The van der Waals surface area contributed by atoms with Gasteiger partial charge in [0.2, 0.25) is 0 Å². The Morgan fingerprint density at radius 3 is 3.00 bits per heavy atom. The summed E-state index contributed by atoms with van der Waals surface area (Å²) in [5.41, 5.74) is 5.56. The van der Waals surface area contributed by atoms with Gasteiger partial charge in [0.25, 0.3) is 0 Å². The molecule has 15 heavy (non-hydrogen) atoms. The van der Waals surface area contributed by atoms with Crippen LogP contribution in [0.15, 0.2) is 6.33 Å². The van der Waals surface area contributed by atoms with Crippen LogP contribution >= 0.6 is 23.4 Å². The van der Waals surface area contributed by atoms with E-state index in [2.05, 4.69) is 28.5 Å². The number of hydrogen-bond donors (Lipinski definition) is 2. The third-order valence-electron chi connectivity index (χ3n) is 1.89. The summed E-state index contributed by atoms with van der Waals surface area (Å²) in [6, 6.07) is 0. The Morgan fingerprint density at radius 2 is 2.33 bits per heavy atom. The van der Waals surface area contributed by atoms with E-state index >= 15 is 0 Å². The van der Waals surface area contributed by atoms with Gasteiger partial charge < -0.3 is 11.1 Å². The van der Waals surface area contributed by atoms with Crippen LogP contribution in [0.5, 0.6) is 0 Å². The maximum Gasteiger partial charge on any atom is 0.150 e. The lowest BCUT2D eigenvalue weighted by Gasteiger charge is -2.12. The summed E-state index contributed by atoms with van der Waals surface area (Å²) in [5.74, 6) is 2.58. The van der Waals surface area contributed by atoms with Crippen molar-refractivity contribution >= 4 is 35.0 Å². The lowest BCUT2D eigenvalue weighted by molar-refractivity contribution is 0.699. The van der Waals surface area contributed by atoms with Crippen molar-refractivity contribution in [1.29, 1.82) is 0 Å². The topological polar surface area (TPSA) is 63.8 Å². The molecule has 0 aliphatic heterocycles. The van der Waals surface area contributed by atoms with Gasteiger partial charge >= 0.3 is 0 Å². The zero-order valence-electron chi connectivity index (χ0n) is 8.83. The molecule has 0 bridgehead atoms. The van der Waals surface area contributed by atoms with Crippen LogP contribution in [0.25, 0.3) is 0 Å². The standard InChI is InChI=1S/C9H15ClN4S/c1-6(4-15-2)3-12-9-7(10)8(11)13-5-14-9/h5-6H,3-4H2,1-2H3,(H3,11,12,13,14). The minimum absolute atomic E-state index is 0.312. The van der Waals surface area contributed by atoms with Crippen LogP contribution in [0.3, 0.4) is 0 Å². The number of nitrogens with two attached hydrogens (primary N) is 1. The number of anilines is 2. The molecule has 0 fully saturated rings. The zero-order chi connectivity index (χ0) is 11.3. The van der Waals surface area contributed by atoms with Crippen LogP contribution in [0.4, 0.5) is 11.6 Å². The fraction of sp³-hybridized carbons (Fsp3) is 0.556. The zero-order valence-corrected chi connectivity index (χ0v) is 10.4. The lowest BCUT2D eigenvalue weighted by Crippen LogP contribution is -2.14. The van der Waals surface area contributed by atoms with Gasteiger partial charge in [0.1, 0.15) is 23.0 Å². The van der Waals surface area contributed by atoms with E-state index in [0.29, 0.717) is 22.6 Å². The molecular formula is C9H15ClN4S. The molecule has 0 saturated heterocycles. The molecule has 0 spiro atoms. The predicted octanol–water partition coefficient (Wildman–Crippen LogP) is 2.12. The van der Waals surface area contributed by atoms with Crippen LogP contribution in [0.2, 0.25) is 5.02 Å². The number of nitrogens with one attached hydrogen (secondary N) is 1. The van der Waals surface area contributed by atoms with Gasteiger partial charge in [-0.05, 0) is 17.9 Å². The summed E-state index contributed by atoms with van der Waals surface area (Å²) < 4.78 is 0. The molecule has 1 aromatic heterocycles. The minimum Gasteiger partial charge on any atom is -0.382 e. The molecule has 0 aliphatic carbocycles. The van der Waals surface area contributed by atoms with Gasteiger partial charge in [0, 0.05) is 6.54 Å². The largest absolute Gasteiger partial charge is 0.382 e. The summed E-state index contributed by atoms with van der Waals surface area (Å²) in [5, 5.41) is 3.56. The highest BCUT2D eigenvalue weighted by atomic mass is 35.5. The molecule has 1 heterocycles. The van der Waals surface area contributed by atoms with Crippen molar-refractivity contribution < 1.29 is 0 Å². The molecule has 0 saturated carbocycles. The summed E-state index contributed by atoms with van der Waals surface area (Å²) >= 11 is 7.76. The van der Waals surface area contributed by atoms with Gasteiger partial charge in [-0.3, -0.25) is 0 Å². The van der Waals surface area contributed by atoms with Gasteiger partial charge in [-0.15, -0.1) is 0 Å². The minimum atomic E-state index is 0.312. The van der Waals surface area contributed by atoms with E-state index in [-0.39, 0.29) is 0 Å². The van der Waals surface area contributed by atoms with Crippen LogP contribution in [-0.4, -0.2) is 28.5 Å². The summed E-state index contributed by atoms with van der Waals surface area (Å²) in [6.07, 6.45) is 3.49. The SMILES string of the molecule is CSCC(C)CNc1ncnc(N)c1Cl. The van der Waals surface area contributed by atoms with Gasteiger partial charge in [-0.25, -0.2) is 9.97 Å². The molecule has 1 aromatic rings. The van der Waals surface area contributed by atoms with Crippen molar-refractivity contribution in [3.8, 4) is 0 Å². The van der Waals surface area contributed by atoms with Crippen LogP contribution in [-0.2, 0) is 0 Å². The van der Waals surface area contributed by atoms with E-state index in [9.17, 15) is 0 Å². The maximum atomic E-state index is 5.94. The fourth-order valence-electron chi connectivity index (χ4n) is 1.12. The summed E-state index contributed by atoms with van der Waals surface area (Å²) in [6.45, 7) is 3.00. The first-order valence-corrected chi connectivity index (χ1v) is 6.41. The van der Waals surface area contributed by atoms with E-state index in [1.807, 2.05) is 11.8 Å². The molecule has 4 nitrogen and oxygen atoms in total. The first-order valence-electron chi connectivity index (χ1n) is 4.64. The number of thioether (sulfide) groups is 1. The normalized spacial score (nSPS) is 12.5. The molecular weight excluding hydrogens is 232 g/mol. The Bertz CT molecular complexity index is 321. The number of nitrogen functional groups attached to an aromatic ring is 1. The van der Waals surface area contributed by atoms with E-state index in [1.54, 1.807) is 0 Å². The molecule has 3 N–H and O–H groups in total. The third kappa shape index (κ3) is 3.76. The molecule has 0 aromatic carbocycles. The number of halogens is 1. The summed E-state index contributed by atoms with van der Waals surface area (Å²) in [4.78, 5) is 7.82. The van der Waals surface area contributed by atoms with Crippen molar-refractivity contribution in [3.05, 3.63) is 11.3 Å². The smallest absolute Gasteiger partial charge is 0.150 e. The molecule has 0 radical (unpaired) electrons. The van der Waals surface area contributed by atoms with Crippen molar-refractivity contribution in [1.82, 2.24) is 9.97 Å². The van der Waals surface area contributed by atoms with Crippen molar-refractivity contribution in [2.24, 2.45) is 5.92 Å². The quantitative estimate of drug-likeness (QED) is 0.833. The Labute approximate surface area is 99.0 Å². The first kappa shape index (κ1) is 12.4. The number of hydrogen-bond acceptors (Lipinski definition) is 5. The lowest BCUT2D eigenvalue weighted by atomic mass is 10.2. The van der Waals surface area contributed by atoms with Crippen molar-refractivity contribution in [2.45, 2.75) is 6.92 Å². The first-order chi connectivity index (χ1) is 7.15. The highest BCUT2D eigenvalue weighted by Gasteiger charge is 2.07. The summed E-state index contributed by atoms with van der Waals surface area (Å²) in [7, 11) is 0. The van der Waals surface area contributed by atoms with Gasteiger partial charge in [-0.1, -0.05) is 18.5 Å². The second-order valence-electron chi connectivity index (χ2n) is 3.36. The average Bonchev–Trinajstić information content (AvgIpc) is 2.21. The average molecular weight is 247 g/mol. The van der Waals surface area contributed by atoms with Crippen LogP contribution < -0.4 is 11.1 Å². The van der Waals surface area contributed by atoms with Crippen LogP contribution in [0, 0.1) is 5.92 Å². The Balaban J connectivity index is 2.54. The molecule has 1 rings (SSSR count). The number of nitrogens with zero attached hydrogens (tertiary/aromatic N) is 2. The van der Waals surface area contributed by atoms with Gasteiger partial charge in [-0.2, -0.15) is 11.8 Å². The molecule has 84 valence electrons. The Morgan fingerprint density at radius 1 is 1.60 bits per heavy atom. The van der Waals surface area contributed by atoms with Crippen molar-refractivity contribution in [2.75, 3.05) is 29.6 Å². The van der Waals surface area contributed by atoms with E-state index in [1.165, 1.54) is 6.33 Å². The second-order valence-corrected chi connectivity index (χ2v) is 4.65. The Hall–Kier alpha value is -0.680. The highest BCUT2D eigenvalue weighted by molar-refractivity contribution is 7.98. The Kier molecular flexibility index (Phi) is 4.98. The second kappa shape index (κ2) is 6.02. The molecule has 1 unspecified atom stereocenters. The fourth-order valence-corrected chi connectivity index (χ4v) is 1.97. The maximum absolute atomic E-state index is 5.94. The highest BCUT2D eigenvalue weighted by Crippen LogP contribution is 2.23. The van der Waals surface area contributed by atoms with Gasteiger partial charge in [0.15, 0.2) is 0 Å². The number of aromatic nitrogens is 2. The predicted molar refractivity (Wildman–Crippen MR) is 67.5 cm³/mol. The molecule has 6 heteroatoms. The van der Waals surface area contributed by atoms with Gasteiger partial charge in [0.05, 0.1) is 0 Å². The van der Waals surface area contributed by atoms with E-state index in [4.69, 9.17) is 17.3 Å². The van der Waals surface area contributed by atoms with E-state index in [0.717, 1.165) is 12.3 Å². The third-order valence-corrected chi connectivity index (χ3v) is 3.16. The van der Waals surface area contributed by atoms with Crippen molar-refractivity contribution in [3.63, 3.8) is 0 Å². The van der Waals surface area contributed by atoms with Crippen LogP contribution in [0.1, 0.15) is 6.92 Å². The monoisotopic (exact) mass is 246 g/mol. The molecule has 0 aliphatic rings. The van der Waals surface area contributed by atoms with E-state index < -0.39 is 0 Å². The molecule has 1 atom stereocenters. The number of rotatable bonds is 5.